The lowest BCUT2D eigenvalue weighted by Gasteiger charge is -2.00. The predicted molar refractivity (Wildman–Crippen MR) is 87.5 cm³/mol. The normalized spacial score (nSPS) is 14.7. The van der Waals surface area contributed by atoms with E-state index in [9.17, 15) is 0 Å². The molecule has 0 N–H and O–H groups in total. The van der Waals surface area contributed by atoms with E-state index in [2.05, 4.69) is 65.2 Å². The number of nitrogens with zero attached hydrogens (tertiary/aromatic N) is 1. The van der Waals surface area contributed by atoms with Gasteiger partial charge in [-0.15, -0.1) is 0 Å². The van der Waals surface area contributed by atoms with Gasteiger partial charge in [0, 0.05) is 35.4 Å². The van der Waals surface area contributed by atoms with Crippen molar-refractivity contribution in [3.05, 3.63) is 77.1 Å². The van der Waals surface area contributed by atoms with Crippen LogP contribution in [0.4, 0.5) is 11.4 Å². The largest absolute Gasteiger partial charge is 0.219 e. The van der Waals surface area contributed by atoms with E-state index in [0.717, 1.165) is 0 Å². The quantitative estimate of drug-likeness (QED) is 0.485. The molecule has 0 atom stereocenters. The Bertz CT molecular complexity index is 696. The van der Waals surface area contributed by atoms with E-state index in [1.165, 1.54) is 48.8 Å². The molecule has 0 bridgehead atoms. The van der Waals surface area contributed by atoms with Crippen molar-refractivity contribution in [3.63, 3.8) is 0 Å². The van der Waals surface area contributed by atoms with Gasteiger partial charge < -0.3 is 0 Å². The Morgan fingerprint density at radius 2 is 1.05 bits per heavy atom. The fourth-order valence-corrected chi connectivity index (χ4v) is 3.41. The number of hydrogen-bond donors (Lipinski definition) is 0. The first-order valence-corrected chi connectivity index (χ1v) is 7.95. The highest BCUT2D eigenvalue weighted by Crippen LogP contribution is 2.26. The average Bonchev–Trinajstić information content (AvgIpc) is 3.26. The number of benzene rings is 2. The van der Waals surface area contributed by atoms with Crippen LogP contribution >= 0.6 is 0 Å². The molecule has 0 aromatic heterocycles. The van der Waals surface area contributed by atoms with E-state index in [1.807, 2.05) is 0 Å². The van der Waals surface area contributed by atoms with Crippen molar-refractivity contribution in [2.45, 2.75) is 32.1 Å². The van der Waals surface area contributed by atoms with Gasteiger partial charge in [-0.2, -0.15) is 4.58 Å². The van der Waals surface area contributed by atoms with Crippen LogP contribution in [0, 0.1) is 0 Å². The molecule has 0 heterocycles. The summed E-state index contributed by atoms with van der Waals surface area (Å²) in [5.74, 6) is 0. The fourth-order valence-electron chi connectivity index (χ4n) is 3.41. The summed E-state index contributed by atoms with van der Waals surface area (Å²) in [4.78, 5) is 0. The van der Waals surface area contributed by atoms with Gasteiger partial charge in [-0.1, -0.05) is 42.8 Å². The van der Waals surface area contributed by atoms with Crippen molar-refractivity contribution < 1.29 is 0 Å². The SMILES string of the molecule is c1ccc([N+](c2ccccc2)=c2c3c2CCCCC3)cc1. The predicted octanol–water partition coefficient (Wildman–Crippen LogP) is 4.27. The number of hydrogen-bond acceptors (Lipinski definition) is 0. The molecule has 104 valence electrons. The minimum Gasteiger partial charge on any atom is -0.153 e. The van der Waals surface area contributed by atoms with Gasteiger partial charge in [-0.3, -0.25) is 0 Å². The molecule has 0 unspecified atom stereocenters. The molecule has 0 radical (unpaired) electrons. The van der Waals surface area contributed by atoms with E-state index in [0.29, 0.717) is 0 Å². The Kier molecular flexibility index (Phi) is 3.19. The molecule has 0 spiro atoms. The fraction of sp³-hybridized carbons (Fsp3) is 0.250. The third-order valence-electron chi connectivity index (χ3n) is 4.48. The smallest absolute Gasteiger partial charge is 0.153 e. The van der Waals surface area contributed by atoms with E-state index < -0.39 is 0 Å². The zero-order valence-corrected chi connectivity index (χ0v) is 12.3. The van der Waals surface area contributed by atoms with E-state index in [1.54, 1.807) is 11.1 Å². The van der Waals surface area contributed by atoms with Crippen molar-refractivity contribution in [3.8, 4) is 0 Å². The second-order valence-corrected chi connectivity index (χ2v) is 5.87. The molecular weight excluding hydrogens is 254 g/mol. The molecule has 0 aliphatic heterocycles. The van der Waals surface area contributed by atoms with Crippen LogP contribution in [0.3, 0.4) is 0 Å². The zero-order chi connectivity index (χ0) is 14.1. The number of fused-ring (bicyclic) bond motifs is 1. The van der Waals surface area contributed by atoms with Gasteiger partial charge in [0.15, 0.2) is 0 Å². The average molecular weight is 274 g/mol. The van der Waals surface area contributed by atoms with Crippen molar-refractivity contribution in [2.24, 2.45) is 0 Å². The van der Waals surface area contributed by atoms with Crippen molar-refractivity contribution in [1.82, 2.24) is 4.58 Å². The maximum absolute atomic E-state index is 2.44. The minimum absolute atomic E-state index is 1.26. The van der Waals surface area contributed by atoms with Crippen LogP contribution in [0.1, 0.15) is 30.4 Å². The third-order valence-corrected chi connectivity index (χ3v) is 4.48. The Hall–Kier alpha value is -2.15. The molecule has 0 fully saturated rings. The molecule has 1 aliphatic rings. The molecule has 0 saturated carbocycles. The van der Waals surface area contributed by atoms with E-state index >= 15 is 0 Å². The van der Waals surface area contributed by atoms with Gasteiger partial charge in [0.25, 0.3) is 0 Å². The summed E-state index contributed by atoms with van der Waals surface area (Å²) in [5, 5.41) is 1.49. The number of rotatable bonds is 2. The minimum atomic E-state index is 1.26. The maximum Gasteiger partial charge on any atom is 0.219 e. The van der Waals surface area contributed by atoms with Gasteiger partial charge in [0.05, 0.1) is 0 Å². The lowest BCUT2D eigenvalue weighted by atomic mass is 10.2. The van der Waals surface area contributed by atoms with Crippen LogP contribution in [0.5, 0.6) is 0 Å². The molecule has 4 rings (SSSR count). The molecule has 1 nitrogen and oxygen atoms in total. The Morgan fingerprint density at radius 1 is 0.571 bits per heavy atom. The molecule has 3 aromatic carbocycles. The van der Waals surface area contributed by atoms with Gasteiger partial charge in [-0.25, -0.2) is 0 Å². The highest BCUT2D eigenvalue weighted by Gasteiger charge is 2.31. The van der Waals surface area contributed by atoms with Crippen molar-refractivity contribution in [1.29, 1.82) is 0 Å². The van der Waals surface area contributed by atoms with E-state index in [-0.39, 0.29) is 0 Å². The van der Waals surface area contributed by atoms with Crippen LogP contribution in [0.2, 0.25) is 0 Å². The van der Waals surface area contributed by atoms with E-state index in [4.69, 9.17) is 0 Å². The molecular formula is C20H20N+. The van der Waals surface area contributed by atoms with Crippen molar-refractivity contribution >= 4 is 11.4 Å². The lowest BCUT2D eigenvalue weighted by molar-refractivity contribution is 0.700. The highest BCUT2D eigenvalue weighted by atomic mass is 15.0. The second-order valence-electron chi connectivity index (χ2n) is 5.87. The van der Waals surface area contributed by atoms with Crippen LogP contribution in [-0.4, -0.2) is 0 Å². The Balaban J connectivity index is 1.92. The first kappa shape index (κ1) is 12.6. The van der Waals surface area contributed by atoms with Gasteiger partial charge in [-0.05, 0) is 25.7 Å². The van der Waals surface area contributed by atoms with Gasteiger partial charge in [0.1, 0.15) is 0 Å². The van der Waals surface area contributed by atoms with Crippen LogP contribution < -0.4 is 9.93 Å². The molecule has 0 saturated heterocycles. The van der Waals surface area contributed by atoms with Crippen molar-refractivity contribution in [2.75, 3.05) is 0 Å². The van der Waals surface area contributed by atoms with Crippen LogP contribution in [0.15, 0.2) is 60.7 Å². The highest BCUT2D eigenvalue weighted by molar-refractivity contribution is 5.55. The first-order valence-electron chi connectivity index (χ1n) is 7.95. The van der Waals surface area contributed by atoms with Crippen LogP contribution in [-0.2, 0) is 12.8 Å². The summed E-state index contributed by atoms with van der Waals surface area (Å²) >= 11 is 0. The Morgan fingerprint density at radius 3 is 1.52 bits per heavy atom. The van der Waals surface area contributed by atoms with Gasteiger partial charge in [0.2, 0.25) is 16.7 Å². The molecule has 3 aromatic rings. The summed E-state index contributed by atoms with van der Waals surface area (Å²) in [6.07, 6.45) is 6.61. The summed E-state index contributed by atoms with van der Waals surface area (Å²) in [7, 11) is 0. The lowest BCUT2D eigenvalue weighted by Crippen LogP contribution is -2.16. The Labute approximate surface area is 125 Å². The summed E-state index contributed by atoms with van der Waals surface area (Å²) < 4.78 is 2.44. The summed E-state index contributed by atoms with van der Waals surface area (Å²) in [6, 6.07) is 21.5. The molecule has 0 amide bonds. The maximum atomic E-state index is 2.44. The summed E-state index contributed by atoms with van der Waals surface area (Å²) in [6.45, 7) is 0. The summed E-state index contributed by atoms with van der Waals surface area (Å²) in [5.41, 5.74) is 5.79. The molecule has 21 heavy (non-hydrogen) atoms. The first-order chi connectivity index (χ1) is 10.4. The molecule has 1 heteroatoms. The second kappa shape index (κ2) is 5.33. The topological polar surface area (TPSA) is 3.01 Å². The standard InChI is InChI=1S/C20H20N/c1-4-10-16(11-5-1)21(17-12-6-2-7-13-17)20-18-14-8-3-9-15-19(18)20/h1-2,4-7,10-13H,3,8-9,14-15H2/q+1. The van der Waals surface area contributed by atoms with Crippen LogP contribution in [0.25, 0.3) is 0 Å². The third kappa shape index (κ3) is 2.33. The zero-order valence-electron chi connectivity index (χ0n) is 12.3. The van der Waals surface area contributed by atoms with Gasteiger partial charge >= 0.3 is 0 Å². The molecule has 1 aliphatic carbocycles. The number of para-hydroxylation sites is 2. The monoisotopic (exact) mass is 274 g/mol.